The minimum atomic E-state index is -0.0654. The standard InChI is InChI=1S/C17H28N4O2S/c1-14-15(24-13-18-14)10-20-6-4-17(5-7-20)12-21(8-9-23-17)11-16(22)19(2)3/h13H,4-12H2,1-3H3. The maximum Gasteiger partial charge on any atom is 0.236 e. The molecule has 1 aromatic heterocycles. The zero-order chi connectivity index (χ0) is 17.2. The molecule has 3 rings (SSSR count). The average Bonchev–Trinajstić information content (AvgIpc) is 2.95. The SMILES string of the molecule is Cc1ncsc1CN1CCC2(CC1)CN(CC(=O)N(C)C)CCO2. The fourth-order valence-corrected chi connectivity index (χ4v) is 4.31. The number of morpholine rings is 1. The summed E-state index contributed by atoms with van der Waals surface area (Å²) in [6.45, 7) is 8.14. The van der Waals surface area contributed by atoms with Gasteiger partial charge in [0.2, 0.25) is 5.91 Å². The van der Waals surface area contributed by atoms with Crippen molar-refractivity contribution >= 4 is 17.2 Å². The van der Waals surface area contributed by atoms with Gasteiger partial charge in [0.25, 0.3) is 0 Å². The quantitative estimate of drug-likeness (QED) is 0.815. The lowest BCUT2D eigenvalue weighted by Gasteiger charge is -2.47. The van der Waals surface area contributed by atoms with Crippen LogP contribution in [0, 0.1) is 6.92 Å². The summed E-state index contributed by atoms with van der Waals surface area (Å²) in [7, 11) is 3.64. The molecule has 2 fully saturated rings. The van der Waals surface area contributed by atoms with E-state index < -0.39 is 0 Å². The van der Waals surface area contributed by atoms with Gasteiger partial charge < -0.3 is 9.64 Å². The molecule has 1 amide bonds. The fourth-order valence-electron chi connectivity index (χ4n) is 3.49. The molecule has 2 aliphatic rings. The molecule has 0 N–H and O–H groups in total. The van der Waals surface area contributed by atoms with Crippen molar-refractivity contribution in [1.29, 1.82) is 0 Å². The molecule has 2 saturated heterocycles. The number of likely N-dealkylation sites (N-methyl/N-ethyl adjacent to an activating group) is 1. The van der Waals surface area contributed by atoms with Gasteiger partial charge in [-0.15, -0.1) is 11.3 Å². The highest BCUT2D eigenvalue weighted by Crippen LogP contribution is 2.31. The Hall–Kier alpha value is -1.02. The van der Waals surface area contributed by atoms with Crippen LogP contribution in [0.25, 0.3) is 0 Å². The van der Waals surface area contributed by atoms with Crippen molar-refractivity contribution in [1.82, 2.24) is 19.7 Å². The topological polar surface area (TPSA) is 48.9 Å². The van der Waals surface area contributed by atoms with E-state index in [-0.39, 0.29) is 11.5 Å². The van der Waals surface area contributed by atoms with Crippen LogP contribution >= 0.6 is 11.3 Å². The Bertz CT molecular complexity index is 567. The van der Waals surface area contributed by atoms with Gasteiger partial charge in [-0.05, 0) is 19.8 Å². The van der Waals surface area contributed by atoms with Crippen LogP contribution in [-0.4, -0.2) is 84.6 Å². The molecule has 3 heterocycles. The molecule has 6 nitrogen and oxygen atoms in total. The summed E-state index contributed by atoms with van der Waals surface area (Å²) >= 11 is 1.75. The summed E-state index contributed by atoms with van der Waals surface area (Å²) in [4.78, 5) is 24.1. The Morgan fingerprint density at radius 1 is 1.33 bits per heavy atom. The molecule has 24 heavy (non-hydrogen) atoms. The summed E-state index contributed by atoms with van der Waals surface area (Å²) in [6.07, 6.45) is 2.08. The fraction of sp³-hybridized carbons (Fsp3) is 0.765. The molecule has 0 unspecified atom stereocenters. The van der Waals surface area contributed by atoms with Gasteiger partial charge in [0.15, 0.2) is 0 Å². The van der Waals surface area contributed by atoms with Crippen LogP contribution < -0.4 is 0 Å². The zero-order valence-electron chi connectivity index (χ0n) is 15.0. The highest BCUT2D eigenvalue weighted by atomic mass is 32.1. The third-order valence-corrected chi connectivity index (χ3v) is 6.08. The molecule has 0 bridgehead atoms. The van der Waals surface area contributed by atoms with Crippen molar-refractivity contribution in [3.05, 3.63) is 16.1 Å². The molecule has 0 aromatic carbocycles. The maximum absolute atomic E-state index is 12.0. The monoisotopic (exact) mass is 352 g/mol. The molecule has 2 aliphatic heterocycles. The molecule has 1 aromatic rings. The summed E-state index contributed by atoms with van der Waals surface area (Å²) in [6, 6.07) is 0. The number of aryl methyl sites for hydroxylation is 1. The molecule has 134 valence electrons. The van der Waals surface area contributed by atoms with E-state index in [1.54, 1.807) is 16.2 Å². The normalized spacial score (nSPS) is 22.0. The number of hydrogen-bond acceptors (Lipinski definition) is 6. The number of carbonyl (C=O) groups is 1. The number of amides is 1. The number of carbonyl (C=O) groups excluding carboxylic acids is 1. The number of likely N-dealkylation sites (tertiary alicyclic amines) is 1. The van der Waals surface area contributed by atoms with E-state index in [4.69, 9.17) is 4.74 Å². The Morgan fingerprint density at radius 2 is 2.08 bits per heavy atom. The van der Waals surface area contributed by atoms with Gasteiger partial charge in [0, 0.05) is 51.7 Å². The summed E-state index contributed by atoms with van der Waals surface area (Å²) < 4.78 is 6.18. The molecule has 1 spiro atoms. The van der Waals surface area contributed by atoms with Gasteiger partial charge >= 0.3 is 0 Å². The summed E-state index contributed by atoms with van der Waals surface area (Å²) in [5.74, 6) is 0.171. The van der Waals surface area contributed by atoms with Gasteiger partial charge in [-0.3, -0.25) is 14.6 Å². The highest BCUT2D eigenvalue weighted by molar-refractivity contribution is 7.09. The zero-order valence-corrected chi connectivity index (χ0v) is 15.8. The van der Waals surface area contributed by atoms with Crippen LogP contribution in [0.3, 0.4) is 0 Å². The lowest BCUT2D eigenvalue weighted by molar-refractivity contribution is -0.147. The number of thiazole rings is 1. The first kappa shape index (κ1) is 17.8. The lowest BCUT2D eigenvalue weighted by Crippen LogP contribution is -2.57. The van der Waals surface area contributed by atoms with E-state index in [0.717, 1.165) is 57.9 Å². The number of aromatic nitrogens is 1. The van der Waals surface area contributed by atoms with Crippen molar-refractivity contribution in [3.8, 4) is 0 Å². The van der Waals surface area contributed by atoms with Crippen molar-refractivity contribution < 1.29 is 9.53 Å². The number of hydrogen-bond donors (Lipinski definition) is 0. The summed E-state index contributed by atoms with van der Waals surface area (Å²) in [5, 5.41) is 0. The van der Waals surface area contributed by atoms with E-state index >= 15 is 0 Å². The van der Waals surface area contributed by atoms with E-state index in [1.165, 1.54) is 4.88 Å². The maximum atomic E-state index is 12.0. The van der Waals surface area contributed by atoms with E-state index in [0.29, 0.717) is 6.54 Å². The lowest BCUT2D eigenvalue weighted by atomic mass is 9.89. The van der Waals surface area contributed by atoms with Crippen LogP contribution in [0.4, 0.5) is 0 Å². The Kier molecular flexibility index (Phi) is 5.54. The van der Waals surface area contributed by atoms with Crippen molar-refractivity contribution in [2.24, 2.45) is 0 Å². The third kappa shape index (κ3) is 4.14. The Morgan fingerprint density at radius 3 is 2.71 bits per heavy atom. The van der Waals surface area contributed by atoms with Gasteiger partial charge in [-0.2, -0.15) is 0 Å². The predicted molar refractivity (Wildman–Crippen MR) is 95.2 cm³/mol. The second-order valence-corrected chi connectivity index (χ2v) is 8.11. The third-order valence-electron chi connectivity index (χ3n) is 5.16. The second kappa shape index (κ2) is 7.47. The highest BCUT2D eigenvalue weighted by Gasteiger charge is 2.40. The molecule has 0 saturated carbocycles. The average molecular weight is 353 g/mol. The number of ether oxygens (including phenoxy) is 1. The van der Waals surface area contributed by atoms with Gasteiger partial charge in [-0.25, -0.2) is 4.98 Å². The Balaban J connectivity index is 1.52. The van der Waals surface area contributed by atoms with Crippen LogP contribution in [0.1, 0.15) is 23.4 Å². The van der Waals surface area contributed by atoms with Crippen LogP contribution in [0.2, 0.25) is 0 Å². The first-order chi connectivity index (χ1) is 11.5. The molecule has 0 aliphatic carbocycles. The first-order valence-electron chi connectivity index (χ1n) is 8.65. The largest absolute Gasteiger partial charge is 0.372 e. The number of piperidine rings is 1. The van der Waals surface area contributed by atoms with Crippen molar-refractivity contribution in [3.63, 3.8) is 0 Å². The van der Waals surface area contributed by atoms with E-state index in [2.05, 4.69) is 21.7 Å². The van der Waals surface area contributed by atoms with Crippen molar-refractivity contribution in [2.75, 3.05) is 53.4 Å². The molecular weight excluding hydrogens is 324 g/mol. The molecule has 0 radical (unpaired) electrons. The smallest absolute Gasteiger partial charge is 0.236 e. The first-order valence-corrected chi connectivity index (χ1v) is 9.53. The van der Waals surface area contributed by atoms with E-state index in [1.807, 2.05) is 19.6 Å². The Labute approximate surface area is 148 Å². The second-order valence-electron chi connectivity index (χ2n) is 7.17. The molecular formula is C17H28N4O2S. The predicted octanol–water partition coefficient (Wildman–Crippen LogP) is 1.21. The van der Waals surface area contributed by atoms with Crippen molar-refractivity contribution in [2.45, 2.75) is 31.9 Å². The summed E-state index contributed by atoms with van der Waals surface area (Å²) in [5.41, 5.74) is 3.02. The number of nitrogens with zero attached hydrogens (tertiary/aromatic N) is 4. The minimum Gasteiger partial charge on any atom is -0.372 e. The van der Waals surface area contributed by atoms with Crippen LogP contribution in [0.15, 0.2) is 5.51 Å². The number of rotatable bonds is 4. The molecule has 7 heteroatoms. The van der Waals surface area contributed by atoms with Gasteiger partial charge in [0.05, 0.1) is 30.0 Å². The molecule has 0 atom stereocenters. The minimum absolute atomic E-state index is 0.0654. The van der Waals surface area contributed by atoms with Crippen LogP contribution in [0.5, 0.6) is 0 Å². The van der Waals surface area contributed by atoms with E-state index in [9.17, 15) is 4.79 Å². The van der Waals surface area contributed by atoms with Crippen LogP contribution in [-0.2, 0) is 16.1 Å². The van der Waals surface area contributed by atoms with Gasteiger partial charge in [0.1, 0.15) is 0 Å². The van der Waals surface area contributed by atoms with Gasteiger partial charge in [-0.1, -0.05) is 0 Å².